The summed E-state index contributed by atoms with van der Waals surface area (Å²) in [5.41, 5.74) is 3.28. The number of carbonyl (C=O) groups is 1. The molecule has 2 amide bonds. The average Bonchev–Trinajstić information content (AvgIpc) is 2.43. The van der Waals surface area contributed by atoms with Crippen LogP contribution in [0.5, 0.6) is 0 Å². The van der Waals surface area contributed by atoms with E-state index in [1.807, 2.05) is 13.0 Å². The summed E-state index contributed by atoms with van der Waals surface area (Å²) in [5, 5.41) is 6.24. The van der Waals surface area contributed by atoms with E-state index in [1.165, 1.54) is 24.8 Å². The summed E-state index contributed by atoms with van der Waals surface area (Å²) < 4.78 is 0. The molecule has 21 heavy (non-hydrogen) atoms. The molecule has 0 unspecified atom stereocenters. The molecule has 2 rings (SSSR count). The second-order valence-corrected chi connectivity index (χ2v) is 6.66. The van der Waals surface area contributed by atoms with Crippen LogP contribution >= 0.6 is 0 Å². The molecule has 116 valence electrons. The summed E-state index contributed by atoms with van der Waals surface area (Å²) in [4.78, 5) is 12.3. The molecule has 1 fully saturated rings. The zero-order valence-electron chi connectivity index (χ0n) is 13.7. The van der Waals surface area contributed by atoms with Crippen molar-refractivity contribution < 1.29 is 4.79 Å². The Morgan fingerprint density at radius 2 is 1.95 bits per heavy atom. The second kappa shape index (κ2) is 6.97. The fourth-order valence-electron chi connectivity index (χ4n) is 3.19. The van der Waals surface area contributed by atoms with Crippen LogP contribution in [0.3, 0.4) is 0 Å². The summed E-state index contributed by atoms with van der Waals surface area (Å²) in [5.74, 6) is 0.972. The Bertz CT molecular complexity index is 496. The largest absolute Gasteiger partial charge is 0.335 e. The predicted octanol–water partition coefficient (Wildman–Crippen LogP) is 4.82. The van der Waals surface area contributed by atoms with Gasteiger partial charge in [-0.15, -0.1) is 0 Å². The highest BCUT2D eigenvalue weighted by atomic mass is 16.2. The van der Waals surface area contributed by atoms with Crippen LogP contribution in [0.2, 0.25) is 0 Å². The number of benzene rings is 1. The van der Waals surface area contributed by atoms with Crippen molar-refractivity contribution >= 4 is 11.7 Å². The highest BCUT2D eigenvalue weighted by Crippen LogP contribution is 2.28. The highest BCUT2D eigenvalue weighted by Gasteiger charge is 2.23. The van der Waals surface area contributed by atoms with Gasteiger partial charge in [-0.05, 0) is 42.7 Å². The first-order valence-corrected chi connectivity index (χ1v) is 8.16. The molecular weight excluding hydrogens is 260 g/mol. The van der Waals surface area contributed by atoms with E-state index in [0.29, 0.717) is 17.9 Å². The fraction of sp³-hybridized carbons (Fsp3) is 0.611. The minimum atomic E-state index is -0.0649. The van der Waals surface area contributed by atoms with E-state index >= 15 is 0 Å². The first-order chi connectivity index (χ1) is 9.99. The maximum absolute atomic E-state index is 12.3. The van der Waals surface area contributed by atoms with Gasteiger partial charge in [-0.1, -0.05) is 51.8 Å². The SMILES string of the molecule is Cc1cccc(C(C)C)c1NC(=O)N[C@H]1CCCC[C@@H]1C. The summed E-state index contributed by atoms with van der Waals surface area (Å²) in [6.07, 6.45) is 4.82. The number of carbonyl (C=O) groups excluding carboxylic acids is 1. The normalized spacial score (nSPS) is 22.1. The fourth-order valence-corrected chi connectivity index (χ4v) is 3.19. The zero-order valence-corrected chi connectivity index (χ0v) is 13.7. The molecule has 0 heterocycles. The van der Waals surface area contributed by atoms with Crippen LogP contribution in [0.25, 0.3) is 0 Å². The van der Waals surface area contributed by atoms with Crippen molar-refractivity contribution in [3.8, 4) is 0 Å². The Balaban J connectivity index is 2.06. The Kier molecular flexibility index (Phi) is 5.27. The Labute approximate surface area is 128 Å². The molecule has 0 aromatic heterocycles. The molecular formula is C18H28N2O. The lowest BCUT2D eigenvalue weighted by Crippen LogP contribution is -2.43. The summed E-state index contributed by atoms with van der Waals surface area (Å²) in [7, 11) is 0. The number of urea groups is 1. The summed E-state index contributed by atoms with van der Waals surface area (Å²) in [6.45, 7) is 8.59. The van der Waals surface area contributed by atoms with E-state index in [-0.39, 0.29) is 6.03 Å². The molecule has 3 heteroatoms. The molecule has 1 saturated carbocycles. The number of para-hydroxylation sites is 1. The lowest BCUT2D eigenvalue weighted by molar-refractivity contribution is 0.232. The van der Waals surface area contributed by atoms with E-state index in [9.17, 15) is 4.79 Å². The monoisotopic (exact) mass is 288 g/mol. The maximum Gasteiger partial charge on any atom is 0.319 e. The van der Waals surface area contributed by atoms with Crippen molar-refractivity contribution in [2.75, 3.05) is 5.32 Å². The van der Waals surface area contributed by atoms with Gasteiger partial charge in [-0.25, -0.2) is 4.79 Å². The van der Waals surface area contributed by atoms with Crippen molar-refractivity contribution in [3.05, 3.63) is 29.3 Å². The molecule has 1 aliphatic rings. The molecule has 1 aromatic rings. The lowest BCUT2D eigenvalue weighted by atomic mass is 9.86. The molecule has 0 aliphatic heterocycles. The number of hydrogen-bond acceptors (Lipinski definition) is 1. The first kappa shape index (κ1) is 15.9. The van der Waals surface area contributed by atoms with E-state index in [4.69, 9.17) is 0 Å². The Morgan fingerprint density at radius 1 is 1.24 bits per heavy atom. The molecule has 0 saturated heterocycles. The van der Waals surface area contributed by atoms with E-state index in [0.717, 1.165) is 17.7 Å². The number of nitrogens with one attached hydrogen (secondary N) is 2. The average molecular weight is 288 g/mol. The Morgan fingerprint density at radius 3 is 2.62 bits per heavy atom. The molecule has 1 aromatic carbocycles. The highest BCUT2D eigenvalue weighted by molar-refractivity contribution is 5.91. The summed E-state index contributed by atoms with van der Waals surface area (Å²) >= 11 is 0. The second-order valence-electron chi connectivity index (χ2n) is 6.66. The molecule has 3 nitrogen and oxygen atoms in total. The van der Waals surface area contributed by atoms with Crippen LogP contribution in [0.1, 0.15) is 63.5 Å². The molecule has 1 aliphatic carbocycles. The van der Waals surface area contributed by atoms with E-state index < -0.39 is 0 Å². The molecule has 2 N–H and O–H groups in total. The predicted molar refractivity (Wildman–Crippen MR) is 88.8 cm³/mol. The van der Waals surface area contributed by atoms with Crippen LogP contribution in [0, 0.1) is 12.8 Å². The number of hydrogen-bond donors (Lipinski definition) is 2. The minimum absolute atomic E-state index is 0.0649. The first-order valence-electron chi connectivity index (χ1n) is 8.16. The van der Waals surface area contributed by atoms with Crippen molar-refractivity contribution in [2.24, 2.45) is 5.92 Å². The van der Waals surface area contributed by atoms with Crippen LogP contribution in [-0.2, 0) is 0 Å². The topological polar surface area (TPSA) is 41.1 Å². The number of rotatable bonds is 3. The van der Waals surface area contributed by atoms with E-state index in [2.05, 4.69) is 43.5 Å². The maximum atomic E-state index is 12.3. The van der Waals surface area contributed by atoms with Crippen LogP contribution in [0.4, 0.5) is 10.5 Å². The van der Waals surface area contributed by atoms with Gasteiger partial charge >= 0.3 is 6.03 Å². The van der Waals surface area contributed by atoms with Crippen molar-refractivity contribution in [1.82, 2.24) is 5.32 Å². The van der Waals surface area contributed by atoms with Gasteiger partial charge < -0.3 is 10.6 Å². The van der Waals surface area contributed by atoms with Gasteiger partial charge in [0, 0.05) is 11.7 Å². The van der Waals surface area contributed by atoms with Gasteiger partial charge in [0.15, 0.2) is 0 Å². The van der Waals surface area contributed by atoms with Crippen LogP contribution in [-0.4, -0.2) is 12.1 Å². The molecule has 0 radical (unpaired) electrons. The minimum Gasteiger partial charge on any atom is -0.335 e. The number of aryl methyl sites for hydroxylation is 1. The number of amides is 2. The zero-order chi connectivity index (χ0) is 15.4. The molecule has 0 bridgehead atoms. The van der Waals surface area contributed by atoms with Gasteiger partial charge in [-0.2, -0.15) is 0 Å². The number of anilines is 1. The van der Waals surface area contributed by atoms with E-state index in [1.54, 1.807) is 0 Å². The van der Waals surface area contributed by atoms with Crippen molar-refractivity contribution in [3.63, 3.8) is 0 Å². The van der Waals surface area contributed by atoms with Gasteiger partial charge in [0.05, 0.1) is 0 Å². The van der Waals surface area contributed by atoms with Gasteiger partial charge in [0.25, 0.3) is 0 Å². The van der Waals surface area contributed by atoms with Gasteiger partial charge in [0.2, 0.25) is 0 Å². The Hall–Kier alpha value is -1.51. The third-order valence-corrected chi connectivity index (χ3v) is 4.59. The van der Waals surface area contributed by atoms with Crippen molar-refractivity contribution in [2.45, 2.75) is 65.3 Å². The third-order valence-electron chi connectivity index (χ3n) is 4.59. The van der Waals surface area contributed by atoms with Crippen LogP contribution < -0.4 is 10.6 Å². The van der Waals surface area contributed by atoms with Crippen molar-refractivity contribution in [1.29, 1.82) is 0 Å². The lowest BCUT2D eigenvalue weighted by Gasteiger charge is -2.29. The molecule has 2 atom stereocenters. The van der Waals surface area contributed by atoms with Gasteiger partial charge in [-0.3, -0.25) is 0 Å². The van der Waals surface area contributed by atoms with Gasteiger partial charge in [0.1, 0.15) is 0 Å². The molecule has 0 spiro atoms. The standard InChI is InChI=1S/C18H28N2O/c1-12(2)15-10-7-9-14(4)17(15)20-18(21)19-16-11-6-5-8-13(16)3/h7,9-10,12-13,16H,5-6,8,11H2,1-4H3,(H2,19,20,21)/t13-,16-/m0/s1. The smallest absolute Gasteiger partial charge is 0.319 e. The quantitative estimate of drug-likeness (QED) is 0.822. The third kappa shape index (κ3) is 3.99. The van der Waals surface area contributed by atoms with Crippen LogP contribution in [0.15, 0.2) is 18.2 Å². The summed E-state index contributed by atoms with van der Waals surface area (Å²) in [6, 6.07) is 6.44.